The van der Waals surface area contributed by atoms with Gasteiger partial charge in [-0.25, -0.2) is 17.6 Å². The fourth-order valence-electron chi connectivity index (χ4n) is 2.24. The Kier molecular flexibility index (Phi) is 6.54. The third-order valence-electron chi connectivity index (χ3n) is 3.47. The highest BCUT2D eigenvalue weighted by Crippen LogP contribution is 2.46. The Balaban J connectivity index is 3.09. The van der Waals surface area contributed by atoms with Crippen LogP contribution in [0.3, 0.4) is 0 Å². The second-order valence-corrected chi connectivity index (χ2v) is 5.03. The minimum atomic E-state index is -3.48. The highest BCUT2D eigenvalue weighted by atomic mass is 19.3. The molecule has 0 radical (unpaired) electrons. The van der Waals surface area contributed by atoms with Gasteiger partial charge in [-0.1, -0.05) is 12.2 Å². The molecule has 1 saturated heterocycles. The molecule has 0 unspecified atom stereocenters. The molecule has 2 N–H and O–H groups in total. The normalized spacial score (nSPS) is 33.4. The van der Waals surface area contributed by atoms with E-state index in [0.29, 0.717) is 0 Å². The number of aliphatic hydroxyl groups is 2. The molecule has 0 aromatic carbocycles. The lowest BCUT2D eigenvalue weighted by molar-refractivity contribution is -0.342. The molecule has 1 rings (SSSR count). The minimum Gasteiger partial charge on any atom is -0.387 e. The summed E-state index contributed by atoms with van der Waals surface area (Å²) < 4.78 is 62.4. The lowest BCUT2D eigenvalue weighted by atomic mass is 10.1. The maximum Gasteiger partial charge on any atom is 0.294 e. The number of ether oxygens (including phenoxy) is 2. The minimum absolute atomic E-state index is 0.144. The zero-order chi connectivity index (χ0) is 17.0. The number of rotatable bonds is 9. The number of halogens is 4. The Hall–Kier alpha value is -0.960. The van der Waals surface area contributed by atoms with Crippen LogP contribution < -0.4 is 0 Å². The SMILES string of the molecule is C=CCC[C@H](O)[C@]1(C(F)F)O[C@H](CCC=C)[C@@](O)(C(F)F)O1. The number of hydrogen-bond acceptors (Lipinski definition) is 4. The molecule has 0 aliphatic carbocycles. The molecule has 128 valence electrons. The van der Waals surface area contributed by atoms with Crippen LogP contribution >= 0.6 is 0 Å². The van der Waals surface area contributed by atoms with Crippen LogP contribution in [-0.2, 0) is 9.47 Å². The van der Waals surface area contributed by atoms with Crippen molar-refractivity contribution in [1.29, 1.82) is 0 Å². The van der Waals surface area contributed by atoms with Crippen molar-refractivity contribution in [3.05, 3.63) is 25.3 Å². The van der Waals surface area contributed by atoms with Crippen molar-refractivity contribution in [3.63, 3.8) is 0 Å². The Morgan fingerprint density at radius 3 is 2.14 bits per heavy atom. The molecular weight excluding hydrogens is 308 g/mol. The van der Waals surface area contributed by atoms with Gasteiger partial charge in [0.25, 0.3) is 24.4 Å². The third kappa shape index (κ3) is 3.51. The van der Waals surface area contributed by atoms with Crippen molar-refractivity contribution in [2.45, 2.75) is 62.3 Å². The maximum atomic E-state index is 13.4. The van der Waals surface area contributed by atoms with E-state index in [0.717, 1.165) is 0 Å². The van der Waals surface area contributed by atoms with E-state index < -0.39 is 36.6 Å². The van der Waals surface area contributed by atoms with E-state index >= 15 is 0 Å². The van der Waals surface area contributed by atoms with Gasteiger partial charge >= 0.3 is 0 Å². The molecule has 22 heavy (non-hydrogen) atoms. The van der Waals surface area contributed by atoms with Crippen LogP contribution in [0.1, 0.15) is 25.7 Å². The monoisotopic (exact) mass is 328 g/mol. The summed E-state index contributed by atoms with van der Waals surface area (Å²) >= 11 is 0. The van der Waals surface area contributed by atoms with Crippen LogP contribution in [0.2, 0.25) is 0 Å². The van der Waals surface area contributed by atoms with Gasteiger partial charge in [-0.05, 0) is 25.7 Å². The summed E-state index contributed by atoms with van der Waals surface area (Å²) in [5.41, 5.74) is 0. The van der Waals surface area contributed by atoms with Gasteiger partial charge < -0.3 is 19.7 Å². The molecule has 0 bridgehead atoms. The summed E-state index contributed by atoms with van der Waals surface area (Å²) in [6.07, 6.45) is -7.92. The summed E-state index contributed by atoms with van der Waals surface area (Å²) in [5.74, 6) is -6.21. The first-order valence-electron chi connectivity index (χ1n) is 6.81. The standard InChI is InChI=1S/C14H20F4O4/c1-3-5-7-9(19)14(12(17)18)21-10(8-6-4-2)13(20,22-14)11(15)16/h3-4,9-12,19-20H,1-2,5-8H2/t9-,10+,13-,14-/m0/s1. The summed E-state index contributed by atoms with van der Waals surface area (Å²) in [4.78, 5) is 0. The van der Waals surface area contributed by atoms with E-state index in [1.165, 1.54) is 12.2 Å². The molecule has 0 saturated carbocycles. The van der Waals surface area contributed by atoms with Gasteiger partial charge in [0.05, 0.1) is 0 Å². The largest absolute Gasteiger partial charge is 0.387 e. The van der Waals surface area contributed by atoms with Crippen LogP contribution in [0.25, 0.3) is 0 Å². The number of hydrogen-bond donors (Lipinski definition) is 2. The molecule has 8 heteroatoms. The molecule has 1 aliphatic rings. The highest BCUT2D eigenvalue weighted by molar-refractivity contribution is 4.98. The maximum absolute atomic E-state index is 13.4. The van der Waals surface area contributed by atoms with Gasteiger partial charge in [-0.2, -0.15) is 0 Å². The number of alkyl halides is 4. The predicted molar refractivity (Wildman–Crippen MR) is 70.5 cm³/mol. The Bertz CT molecular complexity index is 393. The van der Waals surface area contributed by atoms with Crippen LogP contribution in [-0.4, -0.2) is 46.8 Å². The van der Waals surface area contributed by atoms with Crippen LogP contribution in [0.15, 0.2) is 25.3 Å². The topological polar surface area (TPSA) is 58.9 Å². The molecule has 0 amide bonds. The molecule has 1 aliphatic heterocycles. The molecule has 1 fully saturated rings. The van der Waals surface area contributed by atoms with E-state index in [-0.39, 0.29) is 25.7 Å². The summed E-state index contributed by atoms with van der Waals surface area (Å²) in [7, 11) is 0. The smallest absolute Gasteiger partial charge is 0.294 e. The molecule has 0 aromatic rings. The molecule has 0 spiro atoms. The Morgan fingerprint density at radius 2 is 1.68 bits per heavy atom. The Morgan fingerprint density at radius 1 is 1.09 bits per heavy atom. The van der Waals surface area contributed by atoms with Crippen molar-refractivity contribution >= 4 is 0 Å². The van der Waals surface area contributed by atoms with E-state index in [2.05, 4.69) is 17.9 Å². The van der Waals surface area contributed by atoms with Crippen molar-refractivity contribution < 1.29 is 37.2 Å². The van der Waals surface area contributed by atoms with Gasteiger partial charge in [0.1, 0.15) is 12.2 Å². The van der Waals surface area contributed by atoms with Crippen molar-refractivity contribution in [3.8, 4) is 0 Å². The Labute approximate surface area is 126 Å². The molecule has 4 atom stereocenters. The van der Waals surface area contributed by atoms with E-state index in [1.54, 1.807) is 0 Å². The van der Waals surface area contributed by atoms with Crippen LogP contribution in [0, 0.1) is 0 Å². The lowest BCUT2D eigenvalue weighted by Crippen LogP contribution is -2.53. The summed E-state index contributed by atoms with van der Waals surface area (Å²) in [6, 6.07) is 0. The van der Waals surface area contributed by atoms with Crippen molar-refractivity contribution in [2.75, 3.05) is 0 Å². The van der Waals surface area contributed by atoms with Crippen molar-refractivity contribution in [1.82, 2.24) is 0 Å². The van der Waals surface area contributed by atoms with Gasteiger partial charge in [0.15, 0.2) is 0 Å². The average Bonchev–Trinajstić information content (AvgIpc) is 2.78. The van der Waals surface area contributed by atoms with Gasteiger partial charge in [0, 0.05) is 0 Å². The van der Waals surface area contributed by atoms with Gasteiger partial charge in [-0.15, -0.1) is 13.2 Å². The fraction of sp³-hybridized carbons (Fsp3) is 0.714. The first-order valence-corrected chi connectivity index (χ1v) is 6.81. The molecule has 4 nitrogen and oxygen atoms in total. The molecular formula is C14H20F4O4. The molecule has 0 aromatic heterocycles. The number of aliphatic hydroxyl groups excluding tert-OH is 1. The fourth-order valence-corrected chi connectivity index (χ4v) is 2.24. The first-order chi connectivity index (χ1) is 10.2. The second kappa shape index (κ2) is 7.54. The van der Waals surface area contributed by atoms with E-state index in [1.807, 2.05) is 0 Å². The van der Waals surface area contributed by atoms with Gasteiger partial charge in [-0.3, -0.25) is 0 Å². The van der Waals surface area contributed by atoms with E-state index in [9.17, 15) is 27.8 Å². The lowest BCUT2D eigenvalue weighted by Gasteiger charge is -2.32. The number of allylic oxidation sites excluding steroid dienone is 2. The first kappa shape index (κ1) is 19.1. The predicted octanol–water partition coefficient (Wildman–Crippen LogP) is 2.61. The summed E-state index contributed by atoms with van der Waals surface area (Å²) in [5, 5.41) is 19.8. The van der Waals surface area contributed by atoms with Crippen LogP contribution in [0.4, 0.5) is 17.6 Å². The molecule has 1 heterocycles. The summed E-state index contributed by atoms with van der Waals surface area (Å²) in [6.45, 7) is 6.77. The van der Waals surface area contributed by atoms with Gasteiger partial charge in [0.2, 0.25) is 0 Å². The van der Waals surface area contributed by atoms with E-state index in [4.69, 9.17) is 4.74 Å². The zero-order valence-corrected chi connectivity index (χ0v) is 11.9. The third-order valence-corrected chi connectivity index (χ3v) is 3.47. The average molecular weight is 328 g/mol. The van der Waals surface area contributed by atoms with Crippen molar-refractivity contribution in [2.24, 2.45) is 0 Å². The van der Waals surface area contributed by atoms with Crippen LogP contribution in [0.5, 0.6) is 0 Å². The quantitative estimate of drug-likeness (QED) is 0.505. The second-order valence-electron chi connectivity index (χ2n) is 5.03. The zero-order valence-electron chi connectivity index (χ0n) is 11.9. The highest BCUT2D eigenvalue weighted by Gasteiger charge is 2.67.